The average Bonchev–Trinajstić information content (AvgIpc) is 2.95. The number of benzene rings is 1. The number of nitrogens with one attached hydrogen (secondary N) is 1. The van der Waals surface area contributed by atoms with Crippen LogP contribution >= 0.6 is 11.3 Å². The van der Waals surface area contributed by atoms with Gasteiger partial charge in [0.1, 0.15) is 16.5 Å². The molecule has 1 aromatic carbocycles. The first-order valence-corrected chi connectivity index (χ1v) is 7.08. The highest BCUT2D eigenvalue weighted by Gasteiger charge is 2.10. The predicted octanol–water partition coefficient (Wildman–Crippen LogP) is 1.85. The monoisotopic (exact) mass is 291 g/mol. The van der Waals surface area contributed by atoms with Crippen LogP contribution < -0.4 is 15.8 Å². The van der Waals surface area contributed by atoms with E-state index in [-0.39, 0.29) is 5.91 Å². The van der Waals surface area contributed by atoms with E-state index in [1.54, 1.807) is 12.5 Å². The van der Waals surface area contributed by atoms with Crippen LogP contribution in [0.3, 0.4) is 0 Å². The van der Waals surface area contributed by atoms with E-state index in [0.29, 0.717) is 18.8 Å². The van der Waals surface area contributed by atoms with Crippen LogP contribution in [0.25, 0.3) is 0 Å². The van der Waals surface area contributed by atoms with Gasteiger partial charge in [-0.3, -0.25) is 4.79 Å². The molecule has 0 radical (unpaired) electrons. The fourth-order valence-electron chi connectivity index (χ4n) is 1.76. The van der Waals surface area contributed by atoms with E-state index in [1.807, 2.05) is 25.1 Å². The number of amides is 1. The Morgan fingerprint density at radius 2 is 2.30 bits per heavy atom. The van der Waals surface area contributed by atoms with Crippen molar-refractivity contribution in [3.63, 3.8) is 0 Å². The molecular weight excluding hydrogens is 274 g/mol. The molecule has 2 aromatic rings. The predicted molar refractivity (Wildman–Crippen MR) is 78.9 cm³/mol. The fraction of sp³-hybridized carbons (Fsp3) is 0.286. The topological polar surface area (TPSA) is 77.2 Å². The maximum atomic E-state index is 11.9. The van der Waals surface area contributed by atoms with Crippen LogP contribution in [0.2, 0.25) is 0 Å². The first kappa shape index (κ1) is 14.5. The van der Waals surface area contributed by atoms with Crippen molar-refractivity contribution in [2.45, 2.75) is 20.0 Å². The maximum absolute atomic E-state index is 11.9. The van der Waals surface area contributed by atoms with Crippen molar-refractivity contribution in [1.29, 1.82) is 0 Å². The van der Waals surface area contributed by atoms with Gasteiger partial charge in [-0.15, -0.1) is 11.3 Å². The van der Waals surface area contributed by atoms with Gasteiger partial charge in [-0.2, -0.15) is 0 Å². The van der Waals surface area contributed by atoms with E-state index >= 15 is 0 Å². The van der Waals surface area contributed by atoms with E-state index in [4.69, 9.17) is 10.5 Å². The summed E-state index contributed by atoms with van der Waals surface area (Å²) in [4.78, 5) is 16.1. The summed E-state index contributed by atoms with van der Waals surface area (Å²) in [5.74, 6) is 0.622. The van der Waals surface area contributed by atoms with E-state index in [0.717, 1.165) is 21.9 Å². The third-order valence-electron chi connectivity index (χ3n) is 2.88. The number of methoxy groups -OCH3 is 1. The molecule has 0 spiro atoms. The SMILES string of the molecule is COc1cc(CNC(=O)c2csc(CN)n2)ccc1C. The Labute approximate surface area is 121 Å². The first-order valence-electron chi connectivity index (χ1n) is 6.20. The third-order valence-corrected chi connectivity index (χ3v) is 3.76. The number of aromatic nitrogens is 1. The van der Waals surface area contributed by atoms with Crippen LogP contribution in [0.4, 0.5) is 0 Å². The molecule has 0 saturated carbocycles. The molecule has 3 N–H and O–H groups in total. The summed E-state index contributed by atoms with van der Waals surface area (Å²) >= 11 is 1.39. The third kappa shape index (κ3) is 3.34. The molecule has 0 aliphatic heterocycles. The van der Waals surface area contributed by atoms with Gasteiger partial charge in [0.05, 0.1) is 7.11 Å². The zero-order chi connectivity index (χ0) is 14.5. The van der Waals surface area contributed by atoms with Gasteiger partial charge < -0.3 is 15.8 Å². The summed E-state index contributed by atoms with van der Waals surface area (Å²) < 4.78 is 5.26. The van der Waals surface area contributed by atoms with Gasteiger partial charge in [-0.1, -0.05) is 12.1 Å². The highest BCUT2D eigenvalue weighted by atomic mass is 32.1. The Morgan fingerprint density at radius 1 is 1.50 bits per heavy atom. The standard InChI is InChI=1S/C14H17N3O2S/c1-9-3-4-10(5-12(9)19-2)7-16-14(18)11-8-20-13(6-15)17-11/h3-5,8H,6-7,15H2,1-2H3,(H,16,18). The summed E-state index contributed by atoms with van der Waals surface area (Å²) in [6.07, 6.45) is 0. The van der Waals surface area contributed by atoms with Gasteiger partial charge >= 0.3 is 0 Å². The molecule has 6 heteroatoms. The van der Waals surface area contributed by atoms with Crippen LogP contribution in [0.5, 0.6) is 5.75 Å². The van der Waals surface area contributed by atoms with Gasteiger partial charge in [-0.25, -0.2) is 4.98 Å². The van der Waals surface area contributed by atoms with Gasteiger partial charge in [0.15, 0.2) is 0 Å². The van der Waals surface area contributed by atoms with Gasteiger partial charge in [0, 0.05) is 18.5 Å². The number of carbonyl (C=O) groups is 1. The molecule has 0 bridgehead atoms. The van der Waals surface area contributed by atoms with Gasteiger partial charge in [-0.05, 0) is 24.1 Å². The number of hydrogen-bond acceptors (Lipinski definition) is 5. The van der Waals surface area contributed by atoms with Crippen molar-refractivity contribution in [3.05, 3.63) is 45.4 Å². The number of ether oxygens (including phenoxy) is 1. The molecule has 20 heavy (non-hydrogen) atoms. The van der Waals surface area contributed by atoms with Crippen molar-refractivity contribution in [1.82, 2.24) is 10.3 Å². The number of nitrogens with zero attached hydrogens (tertiary/aromatic N) is 1. The smallest absolute Gasteiger partial charge is 0.271 e. The molecule has 106 valence electrons. The quantitative estimate of drug-likeness (QED) is 0.881. The minimum Gasteiger partial charge on any atom is -0.496 e. The second kappa shape index (κ2) is 6.49. The zero-order valence-electron chi connectivity index (χ0n) is 11.5. The number of nitrogens with two attached hydrogens (primary N) is 1. The summed E-state index contributed by atoms with van der Waals surface area (Å²) in [7, 11) is 1.63. The largest absolute Gasteiger partial charge is 0.496 e. The lowest BCUT2D eigenvalue weighted by atomic mass is 10.1. The van der Waals surface area contributed by atoms with Crippen molar-refractivity contribution >= 4 is 17.2 Å². The Kier molecular flexibility index (Phi) is 4.70. The maximum Gasteiger partial charge on any atom is 0.271 e. The molecular formula is C14H17N3O2S. The van der Waals surface area contributed by atoms with Crippen molar-refractivity contribution < 1.29 is 9.53 Å². The summed E-state index contributed by atoms with van der Waals surface area (Å²) in [6.45, 7) is 2.77. The van der Waals surface area contributed by atoms with Crippen LogP contribution in [0, 0.1) is 6.92 Å². The summed E-state index contributed by atoms with van der Waals surface area (Å²) in [6, 6.07) is 5.85. The second-order valence-electron chi connectivity index (χ2n) is 4.32. The lowest BCUT2D eigenvalue weighted by Gasteiger charge is -2.08. The summed E-state index contributed by atoms with van der Waals surface area (Å²) in [5.41, 5.74) is 7.93. The number of hydrogen-bond donors (Lipinski definition) is 2. The molecule has 1 amide bonds. The normalized spacial score (nSPS) is 10.3. The molecule has 0 atom stereocenters. The van der Waals surface area contributed by atoms with E-state index in [9.17, 15) is 4.79 Å². The van der Waals surface area contributed by atoms with E-state index in [1.165, 1.54) is 11.3 Å². The van der Waals surface area contributed by atoms with E-state index in [2.05, 4.69) is 10.3 Å². The van der Waals surface area contributed by atoms with Crippen molar-refractivity contribution in [2.75, 3.05) is 7.11 Å². The molecule has 0 unspecified atom stereocenters. The van der Waals surface area contributed by atoms with Gasteiger partial charge in [0.2, 0.25) is 0 Å². The Hall–Kier alpha value is -1.92. The van der Waals surface area contributed by atoms with Crippen LogP contribution in [-0.2, 0) is 13.1 Å². The molecule has 2 rings (SSSR count). The van der Waals surface area contributed by atoms with Crippen LogP contribution in [-0.4, -0.2) is 18.0 Å². The van der Waals surface area contributed by atoms with E-state index < -0.39 is 0 Å². The molecule has 5 nitrogen and oxygen atoms in total. The number of aryl methyl sites for hydroxylation is 1. The average molecular weight is 291 g/mol. The number of thiazole rings is 1. The lowest BCUT2D eigenvalue weighted by Crippen LogP contribution is -2.23. The molecule has 1 heterocycles. The molecule has 0 saturated heterocycles. The van der Waals surface area contributed by atoms with Crippen LogP contribution in [0.1, 0.15) is 26.6 Å². The van der Waals surface area contributed by atoms with Crippen molar-refractivity contribution in [2.24, 2.45) is 5.73 Å². The molecule has 0 aliphatic rings. The highest BCUT2D eigenvalue weighted by Crippen LogP contribution is 2.18. The Bertz CT molecular complexity index is 610. The first-order chi connectivity index (χ1) is 9.63. The number of rotatable bonds is 5. The molecule has 1 aromatic heterocycles. The van der Waals surface area contributed by atoms with Crippen LogP contribution in [0.15, 0.2) is 23.6 Å². The second-order valence-corrected chi connectivity index (χ2v) is 5.26. The Morgan fingerprint density at radius 3 is 2.95 bits per heavy atom. The Balaban J connectivity index is 1.99. The summed E-state index contributed by atoms with van der Waals surface area (Å²) in [5, 5.41) is 5.30. The molecule has 0 fully saturated rings. The minimum absolute atomic E-state index is 0.194. The molecule has 0 aliphatic carbocycles. The minimum atomic E-state index is -0.194. The number of carbonyl (C=O) groups excluding carboxylic acids is 1. The highest BCUT2D eigenvalue weighted by molar-refractivity contribution is 7.09. The fourth-order valence-corrected chi connectivity index (χ4v) is 2.41. The lowest BCUT2D eigenvalue weighted by molar-refractivity contribution is 0.0946. The van der Waals surface area contributed by atoms with Gasteiger partial charge in [0.25, 0.3) is 5.91 Å². The zero-order valence-corrected chi connectivity index (χ0v) is 12.3. The van der Waals surface area contributed by atoms with Crippen molar-refractivity contribution in [3.8, 4) is 5.75 Å².